The van der Waals surface area contributed by atoms with E-state index in [0.29, 0.717) is 17.8 Å². The summed E-state index contributed by atoms with van der Waals surface area (Å²) < 4.78 is 25.3. The molecular weight excluding hydrogens is 236 g/mol. The lowest BCUT2D eigenvalue weighted by atomic mass is 9.90. The van der Waals surface area contributed by atoms with E-state index in [4.69, 9.17) is 5.73 Å². The number of rotatable bonds is 3. The average Bonchev–Trinajstić information content (AvgIpc) is 2.38. The van der Waals surface area contributed by atoms with Crippen molar-refractivity contribution in [2.45, 2.75) is 26.2 Å². The molecule has 1 unspecified atom stereocenters. The van der Waals surface area contributed by atoms with E-state index in [0.717, 1.165) is 12.1 Å². The van der Waals surface area contributed by atoms with Crippen LogP contribution in [-0.2, 0) is 0 Å². The number of hydrogen-bond acceptors (Lipinski definition) is 3. The van der Waals surface area contributed by atoms with Crippen LogP contribution < -0.4 is 5.73 Å². The molecule has 0 spiro atoms. The second-order valence-electron chi connectivity index (χ2n) is 4.31. The first-order valence-corrected chi connectivity index (χ1v) is 5.90. The van der Waals surface area contributed by atoms with Gasteiger partial charge in [-0.15, -0.1) is 5.10 Å². The van der Waals surface area contributed by atoms with E-state index < -0.39 is 6.43 Å². The number of nitrogens with zero attached hydrogens (tertiary/aromatic N) is 2. The Labute approximate surface area is 104 Å². The maximum atomic E-state index is 12.7. The fourth-order valence-corrected chi connectivity index (χ4v) is 2.05. The predicted octanol–water partition coefficient (Wildman–Crippen LogP) is 3.12. The predicted molar refractivity (Wildman–Crippen MR) is 68.0 cm³/mol. The highest BCUT2D eigenvalue weighted by molar-refractivity contribution is 6.05. The zero-order chi connectivity index (χ0) is 13.1. The van der Waals surface area contributed by atoms with Crippen molar-refractivity contribution in [3.8, 4) is 0 Å². The van der Waals surface area contributed by atoms with E-state index in [1.807, 2.05) is 6.92 Å². The molecule has 0 aliphatic carbocycles. The molecule has 96 valence electrons. The van der Waals surface area contributed by atoms with Gasteiger partial charge in [-0.2, -0.15) is 5.10 Å². The van der Waals surface area contributed by atoms with Gasteiger partial charge in [0.2, 0.25) is 0 Å². The van der Waals surface area contributed by atoms with Gasteiger partial charge in [-0.3, -0.25) is 0 Å². The molecule has 1 aromatic rings. The van der Waals surface area contributed by atoms with Crippen LogP contribution in [0.4, 0.5) is 8.78 Å². The highest BCUT2D eigenvalue weighted by atomic mass is 19.3. The molecule has 1 aliphatic rings. The lowest BCUT2D eigenvalue weighted by Crippen LogP contribution is -2.26. The normalized spacial score (nSPS) is 19.7. The maximum absolute atomic E-state index is 12.7. The molecule has 0 saturated heterocycles. The SMILES string of the molecule is CCC1CC(N)=NN=C1c1cccc(C(F)F)c1. The fourth-order valence-electron chi connectivity index (χ4n) is 2.05. The summed E-state index contributed by atoms with van der Waals surface area (Å²) in [4.78, 5) is 0. The molecule has 3 nitrogen and oxygen atoms in total. The van der Waals surface area contributed by atoms with Crippen LogP contribution in [0.3, 0.4) is 0 Å². The van der Waals surface area contributed by atoms with Crippen molar-refractivity contribution in [3.05, 3.63) is 35.4 Å². The molecule has 1 heterocycles. The van der Waals surface area contributed by atoms with Crippen LogP contribution in [0.5, 0.6) is 0 Å². The summed E-state index contributed by atoms with van der Waals surface area (Å²) in [5.41, 5.74) is 7.10. The summed E-state index contributed by atoms with van der Waals surface area (Å²) in [6.45, 7) is 2.02. The van der Waals surface area contributed by atoms with E-state index >= 15 is 0 Å². The quantitative estimate of drug-likeness (QED) is 0.881. The van der Waals surface area contributed by atoms with Gasteiger partial charge in [0.05, 0.1) is 5.71 Å². The number of halogens is 2. The zero-order valence-corrected chi connectivity index (χ0v) is 10.1. The van der Waals surface area contributed by atoms with Gasteiger partial charge in [0.25, 0.3) is 6.43 Å². The number of hydrogen-bond donors (Lipinski definition) is 1. The lowest BCUT2D eigenvalue weighted by Gasteiger charge is -2.20. The highest BCUT2D eigenvalue weighted by Crippen LogP contribution is 2.24. The third-order valence-corrected chi connectivity index (χ3v) is 3.06. The molecule has 0 radical (unpaired) electrons. The van der Waals surface area contributed by atoms with E-state index in [2.05, 4.69) is 10.2 Å². The first kappa shape index (κ1) is 12.7. The number of amidine groups is 1. The Kier molecular flexibility index (Phi) is 3.69. The van der Waals surface area contributed by atoms with Crippen molar-refractivity contribution in [2.24, 2.45) is 21.9 Å². The zero-order valence-electron chi connectivity index (χ0n) is 10.1. The Morgan fingerprint density at radius 2 is 2.17 bits per heavy atom. The van der Waals surface area contributed by atoms with Crippen LogP contribution in [0.2, 0.25) is 0 Å². The molecule has 0 amide bonds. The van der Waals surface area contributed by atoms with Crippen molar-refractivity contribution >= 4 is 11.5 Å². The molecular formula is C13H15F2N3. The molecule has 0 saturated carbocycles. The molecule has 5 heteroatoms. The first-order chi connectivity index (χ1) is 8.61. The number of alkyl halides is 2. The topological polar surface area (TPSA) is 50.7 Å². The second kappa shape index (κ2) is 5.25. The first-order valence-electron chi connectivity index (χ1n) is 5.90. The van der Waals surface area contributed by atoms with Crippen LogP contribution in [0.15, 0.2) is 34.5 Å². The molecule has 1 aromatic carbocycles. The summed E-state index contributed by atoms with van der Waals surface area (Å²) in [5, 5.41) is 7.92. The minimum atomic E-state index is -2.47. The third kappa shape index (κ3) is 2.55. The van der Waals surface area contributed by atoms with Gasteiger partial charge in [0.1, 0.15) is 5.84 Å². The van der Waals surface area contributed by atoms with Gasteiger partial charge in [0, 0.05) is 17.9 Å². The van der Waals surface area contributed by atoms with Crippen molar-refractivity contribution in [1.29, 1.82) is 0 Å². The number of nitrogens with two attached hydrogens (primary N) is 1. The minimum absolute atomic E-state index is 0.00702. The standard InChI is InChI=1S/C13H15F2N3/c1-2-8-7-11(16)17-18-12(8)9-4-3-5-10(6-9)13(14)15/h3-6,8,13H,2,7H2,1H3,(H2,16,17). The largest absolute Gasteiger partial charge is 0.386 e. The van der Waals surface area contributed by atoms with E-state index in [9.17, 15) is 8.78 Å². The van der Waals surface area contributed by atoms with Crippen molar-refractivity contribution in [2.75, 3.05) is 0 Å². The fraction of sp³-hybridized carbons (Fsp3) is 0.385. The smallest absolute Gasteiger partial charge is 0.263 e. The van der Waals surface area contributed by atoms with Crippen LogP contribution in [0.25, 0.3) is 0 Å². The summed E-state index contributed by atoms with van der Waals surface area (Å²) in [6.07, 6.45) is -0.981. The molecule has 1 aliphatic heterocycles. The third-order valence-electron chi connectivity index (χ3n) is 3.06. The molecule has 0 fully saturated rings. The molecule has 2 rings (SSSR count). The number of benzene rings is 1. The van der Waals surface area contributed by atoms with Crippen molar-refractivity contribution < 1.29 is 8.78 Å². The Morgan fingerprint density at radius 3 is 2.83 bits per heavy atom. The molecule has 2 N–H and O–H groups in total. The van der Waals surface area contributed by atoms with Gasteiger partial charge in [-0.25, -0.2) is 8.78 Å². The van der Waals surface area contributed by atoms with Crippen molar-refractivity contribution in [3.63, 3.8) is 0 Å². The molecule has 0 bridgehead atoms. The summed E-state index contributed by atoms with van der Waals surface area (Å²) in [6, 6.07) is 6.29. The van der Waals surface area contributed by atoms with Gasteiger partial charge in [-0.05, 0) is 18.1 Å². The minimum Gasteiger partial charge on any atom is -0.386 e. The summed E-state index contributed by atoms with van der Waals surface area (Å²) >= 11 is 0. The van der Waals surface area contributed by atoms with Crippen LogP contribution in [0.1, 0.15) is 37.3 Å². The monoisotopic (exact) mass is 251 g/mol. The van der Waals surface area contributed by atoms with Gasteiger partial charge in [0.15, 0.2) is 0 Å². The molecule has 1 atom stereocenters. The van der Waals surface area contributed by atoms with E-state index in [-0.39, 0.29) is 11.5 Å². The van der Waals surface area contributed by atoms with E-state index in [1.165, 1.54) is 12.1 Å². The molecule has 18 heavy (non-hydrogen) atoms. The Bertz CT molecular complexity index is 495. The molecule has 0 aromatic heterocycles. The van der Waals surface area contributed by atoms with Crippen LogP contribution >= 0.6 is 0 Å². The highest BCUT2D eigenvalue weighted by Gasteiger charge is 2.22. The van der Waals surface area contributed by atoms with Crippen LogP contribution in [0, 0.1) is 5.92 Å². The Balaban J connectivity index is 2.38. The maximum Gasteiger partial charge on any atom is 0.263 e. The Morgan fingerprint density at radius 1 is 1.39 bits per heavy atom. The summed E-state index contributed by atoms with van der Waals surface area (Å²) in [5.74, 6) is 0.644. The Hall–Kier alpha value is -1.78. The van der Waals surface area contributed by atoms with Gasteiger partial charge < -0.3 is 5.73 Å². The van der Waals surface area contributed by atoms with E-state index in [1.54, 1.807) is 12.1 Å². The second-order valence-corrected chi connectivity index (χ2v) is 4.31. The lowest BCUT2D eigenvalue weighted by molar-refractivity contribution is 0.151. The van der Waals surface area contributed by atoms with Gasteiger partial charge in [-0.1, -0.05) is 25.1 Å². The summed E-state index contributed by atoms with van der Waals surface area (Å²) in [7, 11) is 0. The van der Waals surface area contributed by atoms with Gasteiger partial charge >= 0.3 is 0 Å². The average molecular weight is 251 g/mol. The van der Waals surface area contributed by atoms with Crippen LogP contribution in [-0.4, -0.2) is 11.5 Å². The van der Waals surface area contributed by atoms with Crippen molar-refractivity contribution in [1.82, 2.24) is 0 Å².